The van der Waals surface area contributed by atoms with E-state index in [-0.39, 0.29) is 0 Å². The third kappa shape index (κ3) is 5.58. The predicted octanol–water partition coefficient (Wildman–Crippen LogP) is 2.52. The summed E-state index contributed by atoms with van der Waals surface area (Å²) in [7, 11) is 0. The zero-order valence-corrected chi connectivity index (χ0v) is 11.1. The number of aromatic nitrogens is 1. The first-order chi connectivity index (χ1) is 7.72. The third-order valence-corrected chi connectivity index (χ3v) is 3.39. The van der Waals surface area contributed by atoms with Crippen LogP contribution in [0.5, 0.6) is 0 Å². The van der Waals surface area contributed by atoms with Gasteiger partial charge in [0.15, 0.2) is 0 Å². The fraction of sp³-hybridized carbons (Fsp3) is 0.750. The lowest BCUT2D eigenvalue weighted by molar-refractivity contribution is 0.519. The van der Waals surface area contributed by atoms with Gasteiger partial charge in [-0.2, -0.15) is 0 Å². The zero-order chi connectivity index (χ0) is 11.8. The van der Waals surface area contributed by atoms with E-state index in [4.69, 9.17) is 5.73 Å². The minimum Gasteiger partial charge on any atom is -0.325 e. The molecule has 0 fully saturated rings. The van der Waals surface area contributed by atoms with E-state index < -0.39 is 0 Å². The molecule has 0 spiro atoms. The number of unbranched alkanes of at least 4 members (excludes halogenated alkanes) is 1. The van der Waals surface area contributed by atoms with Crippen LogP contribution in [0.4, 0.5) is 0 Å². The molecule has 0 radical (unpaired) electrons. The van der Waals surface area contributed by atoms with Gasteiger partial charge in [-0.15, -0.1) is 11.3 Å². The Labute approximate surface area is 102 Å². The lowest BCUT2D eigenvalue weighted by Crippen LogP contribution is -2.15. The van der Waals surface area contributed by atoms with Gasteiger partial charge in [0.25, 0.3) is 0 Å². The highest BCUT2D eigenvalue weighted by atomic mass is 32.1. The number of rotatable bonds is 8. The summed E-state index contributed by atoms with van der Waals surface area (Å²) in [5.74, 6) is 0.825. The van der Waals surface area contributed by atoms with Gasteiger partial charge in [0.2, 0.25) is 0 Å². The minimum atomic E-state index is 0.555. The summed E-state index contributed by atoms with van der Waals surface area (Å²) in [6.45, 7) is 7.06. The molecule has 3 N–H and O–H groups in total. The van der Waals surface area contributed by atoms with Crippen LogP contribution in [0.3, 0.4) is 0 Å². The first-order valence-corrected chi connectivity index (χ1v) is 6.94. The number of nitrogens with zero attached hydrogens (tertiary/aromatic N) is 1. The van der Waals surface area contributed by atoms with Crippen molar-refractivity contribution in [2.75, 3.05) is 6.54 Å². The number of nitrogens with two attached hydrogens (primary N) is 1. The molecule has 0 saturated carbocycles. The van der Waals surface area contributed by atoms with Crippen molar-refractivity contribution in [3.05, 3.63) is 16.1 Å². The maximum Gasteiger partial charge on any atom is 0.106 e. The average Bonchev–Trinajstić information content (AvgIpc) is 2.70. The van der Waals surface area contributed by atoms with Crippen LogP contribution in [0, 0.1) is 5.92 Å². The van der Waals surface area contributed by atoms with Crippen LogP contribution in [-0.4, -0.2) is 11.5 Å². The maximum atomic E-state index is 5.51. The summed E-state index contributed by atoms with van der Waals surface area (Å²) in [5, 5.41) is 6.53. The minimum absolute atomic E-state index is 0.555. The van der Waals surface area contributed by atoms with Crippen molar-refractivity contribution in [2.24, 2.45) is 11.7 Å². The van der Waals surface area contributed by atoms with Gasteiger partial charge in [0.05, 0.1) is 5.69 Å². The van der Waals surface area contributed by atoms with E-state index in [0.717, 1.165) is 29.7 Å². The molecule has 0 saturated heterocycles. The van der Waals surface area contributed by atoms with Crippen molar-refractivity contribution in [1.29, 1.82) is 0 Å². The molecule has 1 aromatic rings. The van der Waals surface area contributed by atoms with E-state index in [9.17, 15) is 0 Å². The molecule has 92 valence electrons. The molecule has 0 aromatic carbocycles. The van der Waals surface area contributed by atoms with Crippen LogP contribution in [0.2, 0.25) is 0 Å². The van der Waals surface area contributed by atoms with Gasteiger partial charge in [0.1, 0.15) is 5.01 Å². The molecule has 0 unspecified atom stereocenters. The largest absolute Gasteiger partial charge is 0.325 e. The summed E-state index contributed by atoms with van der Waals surface area (Å²) >= 11 is 1.65. The molecule has 0 aliphatic rings. The zero-order valence-electron chi connectivity index (χ0n) is 10.3. The molecule has 0 atom stereocenters. The van der Waals surface area contributed by atoms with Crippen molar-refractivity contribution in [2.45, 2.75) is 46.2 Å². The van der Waals surface area contributed by atoms with Gasteiger partial charge < -0.3 is 11.1 Å². The normalized spacial score (nSPS) is 11.2. The molecule has 16 heavy (non-hydrogen) atoms. The fourth-order valence-electron chi connectivity index (χ4n) is 1.54. The van der Waals surface area contributed by atoms with Crippen LogP contribution in [0.15, 0.2) is 5.38 Å². The van der Waals surface area contributed by atoms with Crippen LogP contribution >= 0.6 is 11.3 Å². The Morgan fingerprint density at radius 2 is 2.25 bits per heavy atom. The second kappa shape index (κ2) is 7.76. The summed E-state index contributed by atoms with van der Waals surface area (Å²) in [6, 6.07) is 0. The monoisotopic (exact) mass is 241 g/mol. The Morgan fingerprint density at radius 1 is 1.44 bits per heavy atom. The van der Waals surface area contributed by atoms with E-state index in [1.807, 2.05) is 0 Å². The Bertz CT molecular complexity index is 284. The maximum absolute atomic E-state index is 5.51. The number of hydrogen-bond donors (Lipinski definition) is 2. The Morgan fingerprint density at radius 3 is 2.88 bits per heavy atom. The highest BCUT2D eigenvalue weighted by Crippen LogP contribution is 2.08. The standard InChI is InChI=1S/C12H23N3S/c1-10(2)5-3-4-6-14-8-11-9-16-12(7-13)15-11/h9-10,14H,3-8,13H2,1-2H3. The molecular weight excluding hydrogens is 218 g/mol. The van der Waals surface area contributed by atoms with E-state index >= 15 is 0 Å². The van der Waals surface area contributed by atoms with Gasteiger partial charge in [-0.05, 0) is 18.9 Å². The SMILES string of the molecule is CC(C)CCCCNCc1csc(CN)n1. The first kappa shape index (κ1) is 13.6. The molecule has 4 heteroatoms. The van der Waals surface area contributed by atoms with Crippen molar-refractivity contribution < 1.29 is 0 Å². The van der Waals surface area contributed by atoms with Crippen molar-refractivity contribution in [1.82, 2.24) is 10.3 Å². The number of nitrogens with one attached hydrogen (secondary N) is 1. The van der Waals surface area contributed by atoms with Gasteiger partial charge >= 0.3 is 0 Å². The summed E-state index contributed by atoms with van der Waals surface area (Å²) in [4.78, 5) is 4.41. The highest BCUT2D eigenvalue weighted by Gasteiger charge is 1.99. The quantitative estimate of drug-likeness (QED) is 0.688. The molecule has 0 amide bonds. The summed E-state index contributed by atoms with van der Waals surface area (Å²) in [6.07, 6.45) is 3.90. The van der Waals surface area contributed by atoms with Crippen molar-refractivity contribution in [3.63, 3.8) is 0 Å². The molecule has 1 rings (SSSR count). The fourth-order valence-corrected chi connectivity index (χ4v) is 2.22. The van der Waals surface area contributed by atoms with Crippen LogP contribution in [0.1, 0.15) is 43.8 Å². The van der Waals surface area contributed by atoms with E-state index in [1.165, 1.54) is 19.3 Å². The van der Waals surface area contributed by atoms with Crippen LogP contribution in [0.25, 0.3) is 0 Å². The Kier molecular flexibility index (Phi) is 6.61. The Balaban J connectivity index is 2.02. The Hall–Kier alpha value is -0.450. The first-order valence-electron chi connectivity index (χ1n) is 6.06. The highest BCUT2D eigenvalue weighted by molar-refractivity contribution is 7.09. The van der Waals surface area contributed by atoms with E-state index in [0.29, 0.717) is 6.54 Å². The van der Waals surface area contributed by atoms with Gasteiger partial charge in [0, 0.05) is 18.5 Å². The average molecular weight is 241 g/mol. The van der Waals surface area contributed by atoms with Crippen LogP contribution in [-0.2, 0) is 13.1 Å². The van der Waals surface area contributed by atoms with E-state index in [2.05, 4.69) is 29.5 Å². The topological polar surface area (TPSA) is 50.9 Å². The van der Waals surface area contributed by atoms with Crippen LogP contribution < -0.4 is 11.1 Å². The second-order valence-corrected chi connectivity index (χ2v) is 5.45. The van der Waals surface area contributed by atoms with Gasteiger partial charge in [-0.1, -0.05) is 26.7 Å². The molecule has 0 aliphatic heterocycles. The second-order valence-electron chi connectivity index (χ2n) is 4.50. The molecule has 1 heterocycles. The van der Waals surface area contributed by atoms with Crippen molar-refractivity contribution in [3.8, 4) is 0 Å². The van der Waals surface area contributed by atoms with Gasteiger partial charge in [-0.25, -0.2) is 4.98 Å². The molecule has 0 bridgehead atoms. The third-order valence-electron chi connectivity index (χ3n) is 2.47. The predicted molar refractivity (Wildman–Crippen MR) is 70.4 cm³/mol. The molecular formula is C12H23N3S. The molecule has 0 aliphatic carbocycles. The van der Waals surface area contributed by atoms with E-state index in [1.54, 1.807) is 11.3 Å². The summed E-state index contributed by atoms with van der Waals surface area (Å²) < 4.78 is 0. The number of hydrogen-bond acceptors (Lipinski definition) is 4. The summed E-state index contributed by atoms with van der Waals surface area (Å²) in [5.41, 5.74) is 6.63. The lowest BCUT2D eigenvalue weighted by atomic mass is 10.1. The van der Waals surface area contributed by atoms with Gasteiger partial charge in [-0.3, -0.25) is 0 Å². The molecule has 1 aromatic heterocycles. The van der Waals surface area contributed by atoms with Crippen molar-refractivity contribution >= 4 is 11.3 Å². The lowest BCUT2D eigenvalue weighted by Gasteiger charge is -2.05. The number of thiazole rings is 1. The molecule has 3 nitrogen and oxygen atoms in total. The smallest absolute Gasteiger partial charge is 0.106 e.